The summed E-state index contributed by atoms with van der Waals surface area (Å²) in [5.74, 6) is -1.76. The molecule has 0 spiro atoms. The van der Waals surface area contributed by atoms with Crippen LogP contribution in [0.5, 0.6) is 0 Å². The lowest BCUT2D eigenvalue weighted by Gasteiger charge is -2.03. The highest BCUT2D eigenvalue weighted by Crippen LogP contribution is 2.24. The molecule has 0 unspecified atom stereocenters. The molecule has 3 aromatic rings. The van der Waals surface area contributed by atoms with E-state index >= 15 is 0 Å². The predicted molar refractivity (Wildman–Crippen MR) is 108 cm³/mol. The highest BCUT2D eigenvalue weighted by Gasteiger charge is 2.20. The Bertz CT molecular complexity index is 1130. The molecular formula is C21H19ClFN3O3. The van der Waals surface area contributed by atoms with Crippen LogP contribution in [0.25, 0.3) is 6.08 Å². The number of allylic oxidation sites excluding steroid dienone is 1. The van der Waals surface area contributed by atoms with E-state index in [-0.39, 0.29) is 17.3 Å². The van der Waals surface area contributed by atoms with Gasteiger partial charge >= 0.3 is 5.97 Å². The zero-order chi connectivity index (χ0) is 21.3. The Morgan fingerprint density at radius 2 is 1.90 bits per heavy atom. The van der Waals surface area contributed by atoms with E-state index in [0.29, 0.717) is 39.8 Å². The topological polar surface area (TPSA) is 88.0 Å². The van der Waals surface area contributed by atoms with Crippen molar-refractivity contribution in [3.63, 3.8) is 0 Å². The summed E-state index contributed by atoms with van der Waals surface area (Å²) in [5, 5.41) is 13.9. The summed E-state index contributed by atoms with van der Waals surface area (Å²) >= 11 is 6.43. The number of aromatic amines is 1. The van der Waals surface area contributed by atoms with Gasteiger partial charge in [0, 0.05) is 16.8 Å². The highest BCUT2D eigenvalue weighted by atomic mass is 35.5. The number of nitrogens with one attached hydrogen (secondary N) is 1. The van der Waals surface area contributed by atoms with Crippen LogP contribution in [0.1, 0.15) is 48.9 Å². The van der Waals surface area contributed by atoms with E-state index in [4.69, 9.17) is 11.6 Å². The van der Waals surface area contributed by atoms with Crippen LogP contribution in [0, 0.1) is 26.6 Å². The second-order valence-corrected chi connectivity index (χ2v) is 7.06. The van der Waals surface area contributed by atoms with E-state index in [9.17, 15) is 19.1 Å². The van der Waals surface area contributed by atoms with Crippen molar-refractivity contribution in [2.75, 3.05) is 0 Å². The molecule has 1 aromatic carbocycles. The molecule has 8 heteroatoms. The van der Waals surface area contributed by atoms with E-state index < -0.39 is 5.97 Å². The van der Waals surface area contributed by atoms with Crippen LogP contribution in [0.3, 0.4) is 0 Å². The van der Waals surface area contributed by atoms with Crippen molar-refractivity contribution in [3.8, 4) is 0 Å². The van der Waals surface area contributed by atoms with Gasteiger partial charge in [0.05, 0.1) is 12.2 Å². The number of carbonyl (C=O) groups is 2. The van der Waals surface area contributed by atoms with Gasteiger partial charge in [-0.25, -0.2) is 13.9 Å². The summed E-state index contributed by atoms with van der Waals surface area (Å²) in [4.78, 5) is 26.6. The van der Waals surface area contributed by atoms with Crippen LogP contribution in [0.2, 0.25) is 5.15 Å². The third kappa shape index (κ3) is 4.14. The van der Waals surface area contributed by atoms with Gasteiger partial charge in [-0.05, 0) is 56.2 Å². The van der Waals surface area contributed by atoms with Gasteiger partial charge in [-0.15, -0.1) is 0 Å². The average Bonchev–Trinajstić information content (AvgIpc) is 3.10. The lowest BCUT2D eigenvalue weighted by atomic mass is 10.0. The highest BCUT2D eigenvalue weighted by molar-refractivity contribution is 6.31. The van der Waals surface area contributed by atoms with E-state index in [1.54, 1.807) is 43.7 Å². The number of H-pyrrole nitrogens is 1. The van der Waals surface area contributed by atoms with Crippen molar-refractivity contribution in [1.29, 1.82) is 0 Å². The van der Waals surface area contributed by atoms with Gasteiger partial charge < -0.3 is 10.1 Å². The molecule has 0 saturated carbocycles. The maximum atomic E-state index is 13.1. The molecule has 0 aliphatic carbocycles. The van der Waals surface area contributed by atoms with Crippen molar-refractivity contribution in [2.45, 2.75) is 27.3 Å². The minimum Gasteiger partial charge on any atom is -0.477 e. The Kier molecular flexibility index (Phi) is 5.70. The molecule has 2 heterocycles. The second-order valence-electron chi connectivity index (χ2n) is 6.70. The van der Waals surface area contributed by atoms with E-state index in [1.165, 1.54) is 18.2 Å². The maximum absolute atomic E-state index is 13.1. The fourth-order valence-electron chi connectivity index (χ4n) is 3.20. The number of benzene rings is 1. The molecule has 150 valence electrons. The van der Waals surface area contributed by atoms with Crippen molar-refractivity contribution >= 4 is 29.4 Å². The summed E-state index contributed by atoms with van der Waals surface area (Å²) in [5.41, 5.74) is 3.26. The summed E-state index contributed by atoms with van der Waals surface area (Å²) in [6.07, 6.45) is 2.92. The Balaban J connectivity index is 1.86. The number of hydrogen-bond acceptors (Lipinski definition) is 3. The number of rotatable bonds is 6. The van der Waals surface area contributed by atoms with Gasteiger partial charge in [-0.2, -0.15) is 5.10 Å². The monoisotopic (exact) mass is 415 g/mol. The molecule has 0 saturated heterocycles. The minimum absolute atomic E-state index is 0.000537. The second kappa shape index (κ2) is 8.05. The van der Waals surface area contributed by atoms with Crippen molar-refractivity contribution in [3.05, 3.63) is 80.6 Å². The minimum atomic E-state index is -1.12. The summed E-state index contributed by atoms with van der Waals surface area (Å²) in [7, 11) is 0. The predicted octanol–water partition coefficient (Wildman–Crippen LogP) is 4.57. The Hall–Kier alpha value is -3.19. The molecule has 3 rings (SSSR count). The van der Waals surface area contributed by atoms with E-state index in [1.807, 2.05) is 0 Å². The lowest BCUT2D eigenvalue weighted by molar-refractivity contribution is 0.0690. The Morgan fingerprint density at radius 3 is 2.48 bits per heavy atom. The normalized spacial score (nSPS) is 11.3. The number of ketones is 1. The fraction of sp³-hybridized carbons (Fsp3) is 0.190. The van der Waals surface area contributed by atoms with Crippen LogP contribution < -0.4 is 0 Å². The average molecular weight is 416 g/mol. The SMILES string of the molecule is Cc1nn(Cc2ccc(F)cc2)c(Cl)c1/C=C/C(=O)c1c(C)[nH]c(C(=O)O)c1C. The zero-order valence-electron chi connectivity index (χ0n) is 16.1. The van der Waals surface area contributed by atoms with E-state index in [2.05, 4.69) is 10.1 Å². The molecule has 0 atom stereocenters. The van der Waals surface area contributed by atoms with Crippen LogP contribution in [0.15, 0.2) is 30.3 Å². The van der Waals surface area contributed by atoms with Gasteiger partial charge in [0.25, 0.3) is 0 Å². The quantitative estimate of drug-likeness (QED) is 0.456. The summed E-state index contributed by atoms with van der Waals surface area (Å²) in [6.45, 7) is 5.37. The molecular weight excluding hydrogens is 397 g/mol. The number of nitrogens with zero attached hydrogens (tertiary/aromatic N) is 2. The lowest BCUT2D eigenvalue weighted by Crippen LogP contribution is -2.02. The molecule has 0 amide bonds. The molecule has 0 aliphatic heterocycles. The van der Waals surface area contributed by atoms with Crippen LogP contribution >= 0.6 is 11.6 Å². The van der Waals surface area contributed by atoms with Crippen molar-refractivity contribution in [2.24, 2.45) is 0 Å². The number of aromatic nitrogens is 3. The van der Waals surface area contributed by atoms with Crippen molar-refractivity contribution < 1.29 is 19.1 Å². The zero-order valence-corrected chi connectivity index (χ0v) is 16.8. The number of halogens is 2. The van der Waals surface area contributed by atoms with Crippen LogP contribution in [-0.4, -0.2) is 31.6 Å². The first-order valence-electron chi connectivity index (χ1n) is 8.81. The van der Waals surface area contributed by atoms with Gasteiger partial charge in [-0.3, -0.25) is 4.79 Å². The molecule has 2 aromatic heterocycles. The van der Waals surface area contributed by atoms with Gasteiger partial charge in [0.1, 0.15) is 16.7 Å². The first-order chi connectivity index (χ1) is 13.7. The Morgan fingerprint density at radius 1 is 1.24 bits per heavy atom. The first-order valence-corrected chi connectivity index (χ1v) is 9.19. The fourth-order valence-corrected chi connectivity index (χ4v) is 3.50. The van der Waals surface area contributed by atoms with Gasteiger partial charge in [0.2, 0.25) is 0 Å². The third-order valence-electron chi connectivity index (χ3n) is 4.65. The first kappa shape index (κ1) is 20.5. The Labute approximate surface area is 171 Å². The summed E-state index contributed by atoms with van der Waals surface area (Å²) < 4.78 is 14.6. The van der Waals surface area contributed by atoms with Gasteiger partial charge in [-0.1, -0.05) is 23.7 Å². The summed E-state index contributed by atoms with van der Waals surface area (Å²) in [6, 6.07) is 6.04. The molecule has 0 fully saturated rings. The molecule has 2 N–H and O–H groups in total. The van der Waals surface area contributed by atoms with Gasteiger partial charge in [0.15, 0.2) is 5.78 Å². The molecule has 0 aliphatic rings. The van der Waals surface area contributed by atoms with Crippen molar-refractivity contribution in [1.82, 2.24) is 14.8 Å². The number of aromatic carboxylic acids is 1. The molecule has 6 nitrogen and oxygen atoms in total. The number of carbonyl (C=O) groups excluding carboxylic acids is 1. The third-order valence-corrected chi connectivity index (χ3v) is 5.05. The maximum Gasteiger partial charge on any atom is 0.352 e. The number of hydrogen-bond donors (Lipinski definition) is 2. The van der Waals surface area contributed by atoms with E-state index in [0.717, 1.165) is 5.56 Å². The largest absolute Gasteiger partial charge is 0.477 e. The molecule has 29 heavy (non-hydrogen) atoms. The molecule has 0 radical (unpaired) electrons. The standard InChI is InChI=1S/C21H19ClFN3O3/c1-11-18(13(3)24-19(11)21(28)29)17(27)9-8-16-12(2)25-26(20(16)22)10-14-4-6-15(23)7-5-14/h4-9,24H,10H2,1-3H3,(H,28,29)/b9-8+. The van der Waals surface area contributed by atoms with Crippen LogP contribution in [0.4, 0.5) is 4.39 Å². The van der Waals surface area contributed by atoms with Crippen LogP contribution in [-0.2, 0) is 6.54 Å². The molecule has 0 bridgehead atoms. The number of aryl methyl sites for hydroxylation is 2. The number of carboxylic acid groups (broad SMARTS) is 1. The number of carboxylic acids is 1. The smallest absolute Gasteiger partial charge is 0.352 e.